The molecular weight excluding hydrogens is 520 g/mol. The predicted octanol–water partition coefficient (Wildman–Crippen LogP) is 10.3. The highest BCUT2D eigenvalue weighted by Gasteiger charge is 1.98. The van der Waals surface area contributed by atoms with Crippen LogP contribution in [0.2, 0.25) is 0 Å². The molecule has 0 bridgehead atoms. The molecule has 3 saturated carbocycles. The number of rotatable bonds is 2. The topological polar surface area (TPSA) is 80.3 Å². The molecule has 3 aliphatic carbocycles. The van der Waals surface area contributed by atoms with Crippen molar-refractivity contribution >= 4 is 11.9 Å². The molecule has 0 heterocycles. The highest BCUT2D eigenvalue weighted by atomic mass is 16.4. The summed E-state index contributed by atoms with van der Waals surface area (Å²) in [4.78, 5) is 19.0. The summed E-state index contributed by atoms with van der Waals surface area (Å²) in [5.74, 6) is -2.37. The standard InChI is InChI=1S/3C10H20.2C4H6O2/c3*1-2-4-6-8-10-9-7-5-3-1;2*1-3(2)4(5)6/h3*1-10H2;2*1H2,2H3,(H,5,6)/p-2. The first-order valence-corrected chi connectivity index (χ1v) is 18.0. The van der Waals surface area contributed by atoms with Crippen LogP contribution < -0.4 is 10.2 Å². The highest BCUT2D eigenvalue weighted by Crippen LogP contribution is 2.17. The van der Waals surface area contributed by atoms with Crippen molar-refractivity contribution in [2.75, 3.05) is 0 Å². The zero-order chi connectivity index (χ0) is 31.5. The van der Waals surface area contributed by atoms with Crippen LogP contribution in [0.1, 0.15) is 206 Å². The van der Waals surface area contributed by atoms with Crippen molar-refractivity contribution in [1.82, 2.24) is 0 Å². The van der Waals surface area contributed by atoms with Crippen molar-refractivity contribution in [3.8, 4) is 0 Å². The number of carbonyl (C=O) groups excluding carboxylic acids is 2. The number of aliphatic carboxylic acids is 2. The van der Waals surface area contributed by atoms with Crippen LogP contribution in [0.5, 0.6) is 0 Å². The summed E-state index contributed by atoms with van der Waals surface area (Å²) in [6, 6.07) is 0. The van der Waals surface area contributed by atoms with Crippen LogP contribution in [-0.2, 0) is 9.59 Å². The molecular formula is C38H70O4-2. The summed E-state index contributed by atoms with van der Waals surface area (Å²) < 4.78 is 0. The molecule has 0 unspecified atom stereocenters. The molecule has 3 aliphatic rings. The van der Waals surface area contributed by atoms with Gasteiger partial charge in [0, 0.05) is 0 Å². The highest BCUT2D eigenvalue weighted by molar-refractivity contribution is 5.83. The molecule has 0 saturated heterocycles. The third kappa shape index (κ3) is 40.6. The first-order chi connectivity index (χ1) is 20.3. The third-order valence-electron chi connectivity index (χ3n) is 8.20. The Kier molecular flexibility index (Phi) is 36.1. The lowest BCUT2D eigenvalue weighted by Crippen LogP contribution is -2.22. The van der Waals surface area contributed by atoms with Crippen molar-refractivity contribution < 1.29 is 19.8 Å². The van der Waals surface area contributed by atoms with Gasteiger partial charge in [0.2, 0.25) is 0 Å². The average Bonchev–Trinajstić information content (AvgIpc) is 2.99. The first-order valence-electron chi connectivity index (χ1n) is 18.0. The Morgan fingerprint density at radius 1 is 0.310 bits per heavy atom. The largest absolute Gasteiger partial charge is 0.545 e. The molecule has 0 atom stereocenters. The lowest BCUT2D eigenvalue weighted by atomic mass is 10.0. The number of hydrogen-bond donors (Lipinski definition) is 0. The van der Waals surface area contributed by atoms with Gasteiger partial charge in [0.05, 0.1) is 11.9 Å². The van der Waals surface area contributed by atoms with Crippen LogP contribution >= 0.6 is 0 Å². The molecule has 4 heteroatoms. The fourth-order valence-electron chi connectivity index (χ4n) is 5.30. The number of hydrogen-bond acceptors (Lipinski definition) is 4. The molecule has 0 radical (unpaired) electrons. The summed E-state index contributed by atoms with van der Waals surface area (Å²) in [5, 5.41) is 19.0. The van der Waals surface area contributed by atoms with Crippen LogP contribution in [0.15, 0.2) is 24.3 Å². The van der Waals surface area contributed by atoms with E-state index in [1.165, 1.54) is 206 Å². The third-order valence-corrected chi connectivity index (χ3v) is 8.20. The van der Waals surface area contributed by atoms with E-state index in [0.717, 1.165) is 0 Å². The Labute approximate surface area is 262 Å². The SMILES string of the molecule is C1CCCCCCCCC1.C1CCCCCCCCC1.C1CCCCCCCCC1.C=C(C)C(=O)[O-].C=C(C)C(=O)[O-]. The Bertz CT molecular complexity index is 429. The Morgan fingerprint density at radius 2 is 0.357 bits per heavy atom. The number of carbonyl (C=O) groups is 2. The van der Waals surface area contributed by atoms with Gasteiger partial charge in [-0.15, -0.1) is 0 Å². The van der Waals surface area contributed by atoms with E-state index in [2.05, 4.69) is 13.2 Å². The van der Waals surface area contributed by atoms with Crippen LogP contribution in [-0.4, -0.2) is 11.9 Å². The van der Waals surface area contributed by atoms with Crippen molar-refractivity contribution in [3.05, 3.63) is 24.3 Å². The fourth-order valence-corrected chi connectivity index (χ4v) is 5.30. The summed E-state index contributed by atoms with van der Waals surface area (Å²) in [7, 11) is 0. The Balaban J connectivity index is 0. The molecule has 0 aromatic heterocycles. The lowest BCUT2D eigenvalue weighted by Gasteiger charge is -2.05. The fraction of sp³-hybridized carbons (Fsp3) is 0.842. The molecule has 0 spiro atoms. The van der Waals surface area contributed by atoms with Gasteiger partial charge in [0.15, 0.2) is 0 Å². The van der Waals surface area contributed by atoms with Crippen molar-refractivity contribution in [3.63, 3.8) is 0 Å². The number of carboxylic acid groups (broad SMARTS) is 2. The maximum Gasteiger partial charge on any atom is 0.0666 e. The second kappa shape index (κ2) is 35.6. The van der Waals surface area contributed by atoms with E-state index in [0.29, 0.717) is 0 Å². The first kappa shape index (κ1) is 42.6. The van der Waals surface area contributed by atoms with Crippen LogP contribution in [0, 0.1) is 0 Å². The van der Waals surface area contributed by atoms with Gasteiger partial charge < -0.3 is 19.8 Å². The van der Waals surface area contributed by atoms with Crippen LogP contribution in [0.25, 0.3) is 0 Å². The van der Waals surface area contributed by atoms with E-state index in [1.807, 2.05) is 0 Å². The Hall–Kier alpha value is -1.58. The second-order valence-corrected chi connectivity index (χ2v) is 12.7. The van der Waals surface area contributed by atoms with E-state index in [9.17, 15) is 19.8 Å². The molecule has 0 aliphatic heterocycles. The van der Waals surface area contributed by atoms with Crippen molar-refractivity contribution in [2.45, 2.75) is 206 Å². The van der Waals surface area contributed by atoms with E-state index >= 15 is 0 Å². The minimum atomic E-state index is -1.19. The maximum absolute atomic E-state index is 9.49. The summed E-state index contributed by atoms with van der Waals surface area (Å²) >= 11 is 0. The van der Waals surface area contributed by atoms with E-state index < -0.39 is 11.9 Å². The molecule has 0 aromatic carbocycles. The van der Waals surface area contributed by atoms with Crippen LogP contribution in [0.4, 0.5) is 0 Å². The molecule has 0 amide bonds. The van der Waals surface area contributed by atoms with Gasteiger partial charge in [-0.1, -0.05) is 206 Å². The minimum absolute atomic E-state index is 0.0648. The number of carboxylic acids is 2. The van der Waals surface area contributed by atoms with Gasteiger partial charge in [-0.3, -0.25) is 0 Å². The van der Waals surface area contributed by atoms with Crippen molar-refractivity contribution in [2.24, 2.45) is 0 Å². The van der Waals surface area contributed by atoms with Gasteiger partial charge >= 0.3 is 0 Å². The molecule has 4 nitrogen and oxygen atoms in total. The van der Waals surface area contributed by atoms with Gasteiger partial charge in [0.25, 0.3) is 0 Å². The van der Waals surface area contributed by atoms with Crippen LogP contribution in [0.3, 0.4) is 0 Å². The molecule has 0 N–H and O–H groups in total. The van der Waals surface area contributed by atoms with Gasteiger partial charge in [-0.05, 0) is 25.0 Å². The summed E-state index contributed by atoms with van der Waals surface area (Å²) in [6.45, 7) is 8.95. The molecule has 0 aromatic rings. The quantitative estimate of drug-likeness (QED) is 0.300. The van der Waals surface area contributed by atoms with E-state index in [4.69, 9.17) is 0 Å². The molecule has 42 heavy (non-hydrogen) atoms. The second-order valence-electron chi connectivity index (χ2n) is 12.7. The van der Waals surface area contributed by atoms with Gasteiger partial charge in [-0.25, -0.2) is 0 Å². The normalized spacial score (nSPS) is 19.3. The summed E-state index contributed by atoms with van der Waals surface area (Å²) in [6.07, 6.45) is 45.0. The monoisotopic (exact) mass is 591 g/mol. The van der Waals surface area contributed by atoms with E-state index in [1.54, 1.807) is 0 Å². The van der Waals surface area contributed by atoms with Gasteiger partial charge in [0.1, 0.15) is 0 Å². The maximum atomic E-state index is 9.49. The smallest absolute Gasteiger partial charge is 0.0666 e. The lowest BCUT2D eigenvalue weighted by molar-refractivity contribution is -0.300. The van der Waals surface area contributed by atoms with E-state index in [-0.39, 0.29) is 11.1 Å². The zero-order valence-corrected chi connectivity index (χ0v) is 28.3. The molecule has 3 fully saturated rings. The minimum Gasteiger partial charge on any atom is -0.545 e. The predicted molar refractivity (Wildman–Crippen MR) is 178 cm³/mol. The zero-order valence-electron chi connectivity index (χ0n) is 28.3. The van der Waals surface area contributed by atoms with Gasteiger partial charge in [-0.2, -0.15) is 0 Å². The van der Waals surface area contributed by atoms with Crippen molar-refractivity contribution in [1.29, 1.82) is 0 Å². The Morgan fingerprint density at radius 3 is 0.381 bits per heavy atom. The summed E-state index contributed by atoms with van der Waals surface area (Å²) in [5.41, 5.74) is 0.130. The molecule has 3 rings (SSSR count). The average molecular weight is 591 g/mol. The molecule has 248 valence electrons.